The molecule has 0 aliphatic carbocycles. The fourth-order valence-electron chi connectivity index (χ4n) is 4.87. The van der Waals surface area contributed by atoms with Gasteiger partial charge in [0.2, 0.25) is 0 Å². The van der Waals surface area contributed by atoms with Gasteiger partial charge in [0, 0.05) is 18.7 Å². The highest BCUT2D eigenvalue weighted by molar-refractivity contribution is 5.82. The van der Waals surface area contributed by atoms with E-state index >= 15 is 0 Å². The van der Waals surface area contributed by atoms with Gasteiger partial charge in [-0.15, -0.1) is 0 Å². The Hall–Kier alpha value is -4.65. The molecule has 4 aromatic rings. The Morgan fingerprint density at radius 1 is 0.878 bits per heavy atom. The maximum absolute atomic E-state index is 12.6. The van der Waals surface area contributed by atoms with Gasteiger partial charge in [-0.2, -0.15) is 0 Å². The van der Waals surface area contributed by atoms with Crippen LogP contribution in [0.2, 0.25) is 0 Å². The number of alkyl carbamates (subject to hydrolysis) is 1. The maximum atomic E-state index is 12.6. The minimum atomic E-state index is -0.704. The van der Waals surface area contributed by atoms with Crippen LogP contribution in [0.3, 0.4) is 0 Å². The highest BCUT2D eigenvalue weighted by Gasteiger charge is 2.38. The van der Waals surface area contributed by atoms with Crippen LogP contribution >= 0.6 is 0 Å². The third kappa shape index (κ3) is 7.31. The van der Waals surface area contributed by atoms with Gasteiger partial charge in [0.25, 0.3) is 0 Å². The fourth-order valence-corrected chi connectivity index (χ4v) is 4.87. The molecule has 0 aliphatic rings. The summed E-state index contributed by atoms with van der Waals surface area (Å²) in [6.45, 7) is 7.40. The molecule has 0 aliphatic heterocycles. The first kappa shape index (κ1) is 29.3. The molecular formula is C34H37N3O4. The third-order valence-electron chi connectivity index (χ3n) is 6.48. The monoisotopic (exact) mass is 551 g/mol. The van der Waals surface area contributed by atoms with E-state index < -0.39 is 29.2 Å². The van der Waals surface area contributed by atoms with Crippen molar-refractivity contribution >= 4 is 12.1 Å². The van der Waals surface area contributed by atoms with Crippen LogP contribution in [-0.2, 0) is 26.2 Å². The van der Waals surface area contributed by atoms with Crippen LogP contribution in [-0.4, -0.2) is 39.9 Å². The second-order valence-electron chi connectivity index (χ2n) is 10.6. The molecule has 7 heteroatoms. The minimum absolute atomic E-state index is 0.262. The molecule has 1 amide bonds. The number of benzene rings is 3. The van der Waals surface area contributed by atoms with Gasteiger partial charge in [-0.25, -0.2) is 14.6 Å². The fraction of sp³-hybridized carbons (Fsp3) is 0.265. The van der Waals surface area contributed by atoms with Crippen molar-refractivity contribution in [1.29, 1.82) is 0 Å². The van der Waals surface area contributed by atoms with Gasteiger partial charge in [0.1, 0.15) is 11.1 Å². The van der Waals surface area contributed by atoms with Gasteiger partial charge in [0.15, 0.2) is 0 Å². The van der Waals surface area contributed by atoms with Crippen molar-refractivity contribution in [3.63, 3.8) is 0 Å². The molecule has 0 spiro atoms. The summed E-state index contributed by atoms with van der Waals surface area (Å²) in [5, 5.41) is 2.86. The van der Waals surface area contributed by atoms with Crippen LogP contribution in [0.4, 0.5) is 4.79 Å². The number of ether oxygens (including phenoxy) is 2. The molecule has 4 rings (SSSR count). The average Bonchev–Trinajstić information content (AvgIpc) is 3.41. The third-order valence-corrected chi connectivity index (χ3v) is 6.48. The summed E-state index contributed by atoms with van der Waals surface area (Å²) in [5.74, 6) is -0.481. The normalized spacial score (nSPS) is 12.6. The lowest BCUT2D eigenvalue weighted by Crippen LogP contribution is -2.39. The van der Waals surface area contributed by atoms with Crippen molar-refractivity contribution in [1.82, 2.24) is 14.9 Å². The van der Waals surface area contributed by atoms with Gasteiger partial charge in [-0.3, -0.25) is 0 Å². The molecule has 1 heterocycles. The van der Waals surface area contributed by atoms with Gasteiger partial charge < -0.3 is 19.4 Å². The topological polar surface area (TPSA) is 82.5 Å². The number of imidazole rings is 1. The lowest BCUT2D eigenvalue weighted by molar-refractivity contribution is -0.137. The van der Waals surface area contributed by atoms with Gasteiger partial charge >= 0.3 is 12.1 Å². The summed E-state index contributed by atoms with van der Waals surface area (Å²) >= 11 is 0. The molecule has 7 nitrogen and oxygen atoms in total. The number of amides is 1. The SMILES string of the molecule is CCOC(=O)C=CC(Cc1cn(C(c2ccccc2)(c2ccccc2)c2ccccc2)cn1)NC(=O)OC(C)(C)C. The van der Waals surface area contributed by atoms with Crippen molar-refractivity contribution in [2.75, 3.05) is 6.61 Å². The van der Waals surface area contributed by atoms with E-state index in [0.717, 1.165) is 22.4 Å². The second-order valence-corrected chi connectivity index (χ2v) is 10.6. The largest absolute Gasteiger partial charge is 0.463 e. The van der Waals surface area contributed by atoms with Crippen LogP contribution in [0.25, 0.3) is 0 Å². The first-order valence-corrected chi connectivity index (χ1v) is 13.8. The van der Waals surface area contributed by atoms with Crippen LogP contribution < -0.4 is 5.32 Å². The van der Waals surface area contributed by atoms with Crippen LogP contribution in [0.5, 0.6) is 0 Å². The quantitative estimate of drug-likeness (QED) is 0.143. The average molecular weight is 552 g/mol. The first-order chi connectivity index (χ1) is 19.7. The summed E-state index contributed by atoms with van der Waals surface area (Å²) in [6, 6.07) is 30.4. The summed E-state index contributed by atoms with van der Waals surface area (Å²) in [6.07, 6.45) is 6.50. The molecule has 0 radical (unpaired) electrons. The molecule has 1 unspecified atom stereocenters. The molecule has 41 heavy (non-hydrogen) atoms. The Morgan fingerprint density at radius 2 is 1.39 bits per heavy atom. The Bertz CT molecular complexity index is 1340. The zero-order chi connectivity index (χ0) is 29.3. The lowest BCUT2D eigenvalue weighted by Gasteiger charge is -2.37. The number of esters is 1. The Labute approximate surface area is 241 Å². The predicted molar refractivity (Wildman–Crippen MR) is 159 cm³/mol. The number of nitrogens with one attached hydrogen (secondary N) is 1. The molecule has 1 atom stereocenters. The predicted octanol–water partition coefficient (Wildman–Crippen LogP) is 6.28. The van der Waals surface area contributed by atoms with Gasteiger partial charge in [-0.05, 0) is 44.4 Å². The first-order valence-electron chi connectivity index (χ1n) is 13.8. The zero-order valence-electron chi connectivity index (χ0n) is 24.0. The van der Waals surface area contributed by atoms with E-state index in [1.807, 2.05) is 67.1 Å². The second kappa shape index (κ2) is 13.1. The number of hydrogen-bond acceptors (Lipinski definition) is 5. The van der Waals surface area contributed by atoms with E-state index in [1.165, 1.54) is 6.08 Å². The van der Waals surface area contributed by atoms with E-state index in [1.54, 1.807) is 33.8 Å². The number of rotatable bonds is 10. The molecule has 0 fully saturated rings. The summed E-state index contributed by atoms with van der Waals surface area (Å²) < 4.78 is 12.6. The smallest absolute Gasteiger partial charge is 0.408 e. The minimum Gasteiger partial charge on any atom is -0.463 e. The van der Waals surface area contributed by atoms with E-state index in [2.05, 4.69) is 46.3 Å². The van der Waals surface area contributed by atoms with E-state index in [0.29, 0.717) is 6.42 Å². The molecule has 0 bridgehead atoms. The number of nitrogens with zero attached hydrogens (tertiary/aromatic N) is 2. The van der Waals surface area contributed by atoms with Crippen molar-refractivity contribution in [3.05, 3.63) is 138 Å². The molecule has 1 N–H and O–H groups in total. The number of carbonyl (C=O) groups excluding carboxylic acids is 2. The van der Waals surface area contributed by atoms with Gasteiger partial charge in [-0.1, -0.05) is 97.1 Å². The molecule has 0 saturated carbocycles. The highest BCUT2D eigenvalue weighted by atomic mass is 16.6. The van der Waals surface area contributed by atoms with Gasteiger partial charge in [0.05, 0.1) is 24.7 Å². The zero-order valence-corrected chi connectivity index (χ0v) is 24.0. The molecule has 0 saturated heterocycles. The molecule has 3 aromatic carbocycles. The van der Waals surface area contributed by atoms with Crippen molar-refractivity contribution < 1.29 is 19.1 Å². The van der Waals surface area contributed by atoms with E-state index in [4.69, 9.17) is 14.5 Å². The van der Waals surface area contributed by atoms with Crippen LogP contribution in [0.15, 0.2) is 116 Å². The summed E-state index contributed by atoms with van der Waals surface area (Å²) in [7, 11) is 0. The Kier molecular flexibility index (Phi) is 9.40. The van der Waals surface area contributed by atoms with E-state index in [9.17, 15) is 9.59 Å². The summed E-state index contributed by atoms with van der Waals surface area (Å²) in [4.78, 5) is 29.5. The van der Waals surface area contributed by atoms with Crippen molar-refractivity contribution in [2.45, 2.75) is 51.3 Å². The lowest BCUT2D eigenvalue weighted by atomic mass is 9.77. The number of aromatic nitrogens is 2. The maximum Gasteiger partial charge on any atom is 0.408 e. The molecule has 212 valence electrons. The van der Waals surface area contributed by atoms with Crippen molar-refractivity contribution in [2.24, 2.45) is 0 Å². The van der Waals surface area contributed by atoms with E-state index in [-0.39, 0.29) is 6.61 Å². The van der Waals surface area contributed by atoms with Crippen LogP contribution in [0, 0.1) is 0 Å². The Balaban J connectivity index is 1.77. The Morgan fingerprint density at radius 3 is 1.85 bits per heavy atom. The highest BCUT2D eigenvalue weighted by Crippen LogP contribution is 2.40. The molecular weight excluding hydrogens is 514 g/mol. The summed E-state index contributed by atoms with van der Waals surface area (Å²) in [5.41, 5.74) is 2.59. The van der Waals surface area contributed by atoms with Crippen molar-refractivity contribution in [3.8, 4) is 0 Å². The number of hydrogen-bond donors (Lipinski definition) is 1. The molecule has 1 aromatic heterocycles. The standard InChI is InChI=1S/C34H37N3O4/c1-5-40-31(38)22-21-29(36-32(39)41-33(2,3)4)23-30-24-37(25-35-30)34(26-15-9-6-10-16-26,27-17-11-7-12-18-27)28-19-13-8-14-20-28/h6-22,24-25,29H,5,23H2,1-4H3,(H,36,39). The van der Waals surface area contributed by atoms with Crippen LogP contribution in [0.1, 0.15) is 50.1 Å². The number of carbonyl (C=O) groups is 2.